The molecule has 1 amide bonds. The fourth-order valence-electron chi connectivity index (χ4n) is 2.82. The summed E-state index contributed by atoms with van der Waals surface area (Å²) in [6.07, 6.45) is 0. The number of nitrogens with one attached hydrogen (secondary N) is 2. The summed E-state index contributed by atoms with van der Waals surface area (Å²) in [4.78, 5) is 16.6. The van der Waals surface area contributed by atoms with Gasteiger partial charge in [-0.2, -0.15) is 5.26 Å². The van der Waals surface area contributed by atoms with Crippen molar-refractivity contribution in [2.75, 3.05) is 13.1 Å². The predicted molar refractivity (Wildman–Crippen MR) is 95.6 cm³/mol. The molecule has 0 fully saturated rings. The average molecular weight is 333 g/mol. The Balaban J connectivity index is 1.92. The quantitative estimate of drug-likeness (QED) is 0.675. The number of carbonyl (C=O) groups is 1. The Labute approximate surface area is 146 Å². The minimum Gasteiger partial charge on any atom is -0.342 e. The molecule has 0 radical (unpaired) electrons. The first-order chi connectivity index (χ1) is 12.2. The standard InChI is InChI=1S/C19H19N5O/c1-24-16-10-6-5-9-15(16)23-19(24)18(14-7-3-2-4-8-14)22-13-17(25)21-12-11-20/h2-10,18,22H,12-13H2,1H3,(H,21,25)/t18-/m0/s1. The van der Waals surface area contributed by atoms with E-state index >= 15 is 0 Å². The van der Waals surface area contributed by atoms with Gasteiger partial charge in [0.25, 0.3) is 0 Å². The number of hydrogen-bond donors (Lipinski definition) is 2. The zero-order chi connectivity index (χ0) is 17.6. The third kappa shape index (κ3) is 3.67. The van der Waals surface area contributed by atoms with E-state index in [9.17, 15) is 4.79 Å². The van der Waals surface area contributed by atoms with Crippen LogP contribution in [0.2, 0.25) is 0 Å². The maximum absolute atomic E-state index is 11.9. The molecule has 3 rings (SSSR count). The normalized spacial score (nSPS) is 11.8. The number of hydrogen-bond acceptors (Lipinski definition) is 4. The molecule has 0 aliphatic rings. The van der Waals surface area contributed by atoms with E-state index in [1.54, 1.807) is 0 Å². The lowest BCUT2D eigenvalue weighted by atomic mass is 10.1. The number of rotatable bonds is 6. The lowest BCUT2D eigenvalue weighted by Crippen LogP contribution is -2.37. The van der Waals surface area contributed by atoms with Gasteiger partial charge in [-0.25, -0.2) is 4.98 Å². The molecule has 1 aromatic heterocycles. The molecule has 1 atom stereocenters. The van der Waals surface area contributed by atoms with Crippen LogP contribution < -0.4 is 10.6 Å². The molecule has 2 aromatic carbocycles. The molecule has 0 saturated heterocycles. The van der Waals surface area contributed by atoms with E-state index in [2.05, 4.69) is 10.6 Å². The van der Waals surface area contributed by atoms with Gasteiger partial charge in [-0.3, -0.25) is 10.1 Å². The molecule has 0 bridgehead atoms. The second-order valence-corrected chi connectivity index (χ2v) is 5.68. The molecule has 6 nitrogen and oxygen atoms in total. The van der Waals surface area contributed by atoms with Gasteiger partial charge >= 0.3 is 0 Å². The second-order valence-electron chi connectivity index (χ2n) is 5.68. The first-order valence-electron chi connectivity index (χ1n) is 8.04. The van der Waals surface area contributed by atoms with Crippen LogP contribution in [0.4, 0.5) is 0 Å². The first kappa shape index (κ1) is 16.7. The maximum atomic E-state index is 11.9. The third-order valence-electron chi connectivity index (χ3n) is 4.04. The van der Waals surface area contributed by atoms with Crippen molar-refractivity contribution in [3.05, 3.63) is 66.0 Å². The number of amides is 1. The van der Waals surface area contributed by atoms with Crippen LogP contribution in [-0.2, 0) is 11.8 Å². The Bertz CT molecular complexity index is 910. The molecule has 0 aliphatic carbocycles. The number of benzene rings is 2. The van der Waals surface area contributed by atoms with Crippen molar-refractivity contribution in [2.45, 2.75) is 6.04 Å². The van der Waals surface area contributed by atoms with Crippen LogP contribution in [0.5, 0.6) is 0 Å². The Morgan fingerprint density at radius 3 is 2.64 bits per heavy atom. The van der Waals surface area contributed by atoms with E-state index in [-0.39, 0.29) is 25.0 Å². The van der Waals surface area contributed by atoms with Gasteiger partial charge in [0.05, 0.1) is 29.7 Å². The fourth-order valence-corrected chi connectivity index (χ4v) is 2.82. The van der Waals surface area contributed by atoms with Gasteiger partial charge in [-0.05, 0) is 17.7 Å². The molecule has 1 heterocycles. The summed E-state index contributed by atoms with van der Waals surface area (Å²) in [5.74, 6) is 0.613. The van der Waals surface area contributed by atoms with Gasteiger partial charge in [0, 0.05) is 7.05 Å². The van der Waals surface area contributed by atoms with E-state index in [0.717, 1.165) is 22.4 Å². The number of aromatic nitrogens is 2. The minimum absolute atomic E-state index is 0.00279. The Morgan fingerprint density at radius 1 is 1.20 bits per heavy atom. The number of nitrogens with zero attached hydrogens (tertiary/aromatic N) is 3. The van der Waals surface area contributed by atoms with Crippen molar-refractivity contribution >= 4 is 16.9 Å². The van der Waals surface area contributed by atoms with E-state index in [1.807, 2.05) is 72.3 Å². The molecule has 2 N–H and O–H groups in total. The third-order valence-corrected chi connectivity index (χ3v) is 4.04. The summed E-state index contributed by atoms with van der Waals surface area (Å²) in [7, 11) is 1.97. The lowest BCUT2D eigenvalue weighted by molar-refractivity contribution is -0.120. The summed E-state index contributed by atoms with van der Waals surface area (Å²) in [5.41, 5.74) is 2.97. The molecule has 6 heteroatoms. The monoisotopic (exact) mass is 333 g/mol. The van der Waals surface area contributed by atoms with Crippen LogP contribution in [0.1, 0.15) is 17.4 Å². The molecular weight excluding hydrogens is 314 g/mol. The number of fused-ring (bicyclic) bond motifs is 1. The molecule has 0 spiro atoms. The van der Waals surface area contributed by atoms with Crippen LogP contribution in [-0.4, -0.2) is 28.5 Å². The summed E-state index contributed by atoms with van der Waals surface area (Å²) < 4.78 is 2.03. The summed E-state index contributed by atoms with van der Waals surface area (Å²) in [6.45, 7) is 0.104. The maximum Gasteiger partial charge on any atom is 0.234 e. The van der Waals surface area contributed by atoms with Gasteiger partial charge < -0.3 is 9.88 Å². The SMILES string of the molecule is Cn1c([C@@H](NCC(=O)NCC#N)c2ccccc2)nc2ccccc21. The van der Waals surface area contributed by atoms with Crippen molar-refractivity contribution < 1.29 is 4.79 Å². The van der Waals surface area contributed by atoms with Crippen molar-refractivity contribution in [3.63, 3.8) is 0 Å². The first-order valence-corrected chi connectivity index (χ1v) is 8.04. The largest absolute Gasteiger partial charge is 0.342 e. The summed E-state index contributed by atoms with van der Waals surface area (Å²) in [5, 5.41) is 14.4. The van der Waals surface area contributed by atoms with Gasteiger partial charge in [0.2, 0.25) is 5.91 Å². The highest BCUT2D eigenvalue weighted by Crippen LogP contribution is 2.24. The smallest absolute Gasteiger partial charge is 0.234 e. The van der Waals surface area contributed by atoms with E-state index in [1.165, 1.54) is 0 Å². The van der Waals surface area contributed by atoms with Gasteiger partial charge in [0.15, 0.2) is 0 Å². The van der Waals surface area contributed by atoms with Gasteiger partial charge in [-0.15, -0.1) is 0 Å². The lowest BCUT2D eigenvalue weighted by Gasteiger charge is -2.19. The molecule has 0 aliphatic heterocycles. The average Bonchev–Trinajstić information content (AvgIpc) is 2.98. The van der Waals surface area contributed by atoms with Crippen molar-refractivity contribution in [1.82, 2.24) is 20.2 Å². The highest BCUT2D eigenvalue weighted by molar-refractivity contribution is 5.78. The Morgan fingerprint density at radius 2 is 1.92 bits per heavy atom. The highest BCUT2D eigenvalue weighted by atomic mass is 16.1. The van der Waals surface area contributed by atoms with Crippen LogP contribution in [0.15, 0.2) is 54.6 Å². The van der Waals surface area contributed by atoms with Crippen molar-refractivity contribution in [1.29, 1.82) is 5.26 Å². The zero-order valence-corrected chi connectivity index (χ0v) is 13.9. The highest BCUT2D eigenvalue weighted by Gasteiger charge is 2.21. The van der Waals surface area contributed by atoms with E-state index in [4.69, 9.17) is 10.2 Å². The molecule has 126 valence electrons. The van der Waals surface area contributed by atoms with Crippen molar-refractivity contribution in [2.24, 2.45) is 7.05 Å². The molecule has 25 heavy (non-hydrogen) atoms. The Kier molecular flexibility index (Phi) is 5.07. The summed E-state index contributed by atoms with van der Waals surface area (Å²) >= 11 is 0. The number of carbonyl (C=O) groups excluding carboxylic acids is 1. The minimum atomic E-state index is -0.230. The van der Waals surface area contributed by atoms with Gasteiger partial charge in [0.1, 0.15) is 12.4 Å². The van der Waals surface area contributed by atoms with Crippen LogP contribution in [0.25, 0.3) is 11.0 Å². The predicted octanol–water partition coefficient (Wildman–Crippen LogP) is 1.89. The molecule has 0 unspecified atom stereocenters. The molecule has 0 saturated carbocycles. The Hall–Kier alpha value is -3.17. The fraction of sp³-hybridized carbons (Fsp3) is 0.211. The van der Waals surface area contributed by atoms with Gasteiger partial charge in [-0.1, -0.05) is 42.5 Å². The van der Waals surface area contributed by atoms with Crippen LogP contribution in [0, 0.1) is 11.3 Å². The topological polar surface area (TPSA) is 82.7 Å². The van der Waals surface area contributed by atoms with Crippen LogP contribution >= 0.6 is 0 Å². The number of para-hydroxylation sites is 2. The van der Waals surface area contributed by atoms with Crippen LogP contribution in [0.3, 0.4) is 0 Å². The number of aryl methyl sites for hydroxylation is 1. The zero-order valence-electron chi connectivity index (χ0n) is 13.9. The van der Waals surface area contributed by atoms with Crippen molar-refractivity contribution in [3.8, 4) is 6.07 Å². The van der Waals surface area contributed by atoms with E-state index in [0.29, 0.717) is 0 Å². The number of nitriles is 1. The van der Waals surface area contributed by atoms with E-state index < -0.39 is 0 Å². The summed E-state index contributed by atoms with van der Waals surface area (Å²) in [6, 6.07) is 19.5. The number of imidazole rings is 1. The molecular formula is C19H19N5O. The molecule has 3 aromatic rings. The second kappa shape index (κ2) is 7.60.